The molecule has 1 aliphatic rings. The summed E-state index contributed by atoms with van der Waals surface area (Å²) in [7, 11) is 0. The highest BCUT2D eigenvalue weighted by Gasteiger charge is 2.36. The zero-order valence-corrected chi connectivity index (χ0v) is 12.9. The van der Waals surface area contributed by atoms with Crippen molar-refractivity contribution in [3.63, 3.8) is 0 Å². The second-order valence-corrected chi connectivity index (χ2v) is 5.73. The van der Waals surface area contributed by atoms with E-state index >= 15 is 0 Å². The van der Waals surface area contributed by atoms with E-state index in [2.05, 4.69) is 5.32 Å². The third-order valence-corrected chi connectivity index (χ3v) is 4.10. The van der Waals surface area contributed by atoms with Gasteiger partial charge in [-0.25, -0.2) is 4.39 Å². The van der Waals surface area contributed by atoms with E-state index in [1.807, 2.05) is 0 Å². The van der Waals surface area contributed by atoms with Crippen molar-refractivity contribution in [3.8, 4) is 0 Å². The summed E-state index contributed by atoms with van der Waals surface area (Å²) in [4.78, 5) is 25.8. The van der Waals surface area contributed by atoms with Crippen LogP contribution in [-0.4, -0.2) is 18.4 Å². The number of hydrogen-bond acceptors (Lipinski definition) is 2. The van der Waals surface area contributed by atoms with E-state index in [0.717, 1.165) is 0 Å². The van der Waals surface area contributed by atoms with Crippen LogP contribution in [0.15, 0.2) is 48.5 Å². The Morgan fingerprint density at radius 2 is 1.87 bits per heavy atom. The summed E-state index contributed by atoms with van der Waals surface area (Å²) in [6.07, 6.45) is 0.0463. The summed E-state index contributed by atoms with van der Waals surface area (Å²) < 4.78 is 13.8. The first kappa shape index (κ1) is 15.5. The SMILES string of the molecule is O=C(Nc1ccccc1Cl)[C@@H]1CC(=O)N(c2ccccc2F)C1. The van der Waals surface area contributed by atoms with E-state index in [9.17, 15) is 14.0 Å². The minimum atomic E-state index is -0.543. The minimum Gasteiger partial charge on any atom is -0.324 e. The summed E-state index contributed by atoms with van der Waals surface area (Å²) >= 11 is 6.01. The van der Waals surface area contributed by atoms with Gasteiger partial charge in [0.15, 0.2) is 0 Å². The Bertz CT molecular complexity index is 766. The van der Waals surface area contributed by atoms with Crippen LogP contribution < -0.4 is 10.2 Å². The molecule has 3 rings (SSSR count). The van der Waals surface area contributed by atoms with Gasteiger partial charge < -0.3 is 10.2 Å². The molecule has 6 heteroatoms. The first-order chi connectivity index (χ1) is 11.1. The fraction of sp³-hybridized carbons (Fsp3) is 0.176. The predicted octanol–water partition coefficient (Wildman–Crippen LogP) is 3.47. The highest BCUT2D eigenvalue weighted by Crippen LogP contribution is 2.29. The third kappa shape index (κ3) is 3.19. The summed E-state index contributed by atoms with van der Waals surface area (Å²) in [5, 5.41) is 3.14. The molecule has 118 valence electrons. The number of benzene rings is 2. The van der Waals surface area contributed by atoms with Crippen molar-refractivity contribution in [1.29, 1.82) is 0 Å². The standard InChI is InChI=1S/C17H14ClFN2O2/c18-12-5-1-3-7-14(12)20-17(23)11-9-16(22)21(10-11)15-8-4-2-6-13(15)19/h1-8,11H,9-10H2,(H,20,23)/t11-/m1/s1. The van der Waals surface area contributed by atoms with Gasteiger partial charge in [0.1, 0.15) is 5.82 Å². The summed E-state index contributed by atoms with van der Waals surface area (Å²) in [5.41, 5.74) is 0.696. The van der Waals surface area contributed by atoms with Crippen LogP contribution in [0.5, 0.6) is 0 Å². The summed E-state index contributed by atoms with van der Waals surface area (Å²) in [5.74, 6) is -1.59. The van der Waals surface area contributed by atoms with E-state index in [4.69, 9.17) is 11.6 Å². The van der Waals surface area contributed by atoms with Gasteiger partial charge in [0, 0.05) is 13.0 Å². The molecule has 0 aromatic heterocycles. The Labute approximate surface area is 137 Å². The molecule has 0 radical (unpaired) electrons. The molecule has 1 saturated heterocycles. The molecular weight excluding hydrogens is 319 g/mol. The van der Waals surface area contributed by atoms with Gasteiger partial charge >= 0.3 is 0 Å². The molecule has 1 atom stereocenters. The van der Waals surface area contributed by atoms with Gasteiger partial charge in [-0.3, -0.25) is 9.59 Å². The van der Waals surface area contributed by atoms with Crippen LogP contribution in [0.3, 0.4) is 0 Å². The number of amides is 2. The van der Waals surface area contributed by atoms with Crippen LogP contribution in [0.4, 0.5) is 15.8 Å². The fourth-order valence-electron chi connectivity index (χ4n) is 2.58. The number of nitrogens with zero attached hydrogens (tertiary/aromatic N) is 1. The molecule has 2 aromatic carbocycles. The number of anilines is 2. The quantitative estimate of drug-likeness (QED) is 0.935. The Morgan fingerprint density at radius 3 is 2.61 bits per heavy atom. The second-order valence-electron chi connectivity index (χ2n) is 5.33. The van der Waals surface area contributed by atoms with Crippen molar-refractivity contribution in [1.82, 2.24) is 0 Å². The van der Waals surface area contributed by atoms with Crippen molar-refractivity contribution >= 4 is 34.8 Å². The number of halogens is 2. The molecule has 0 saturated carbocycles. The number of rotatable bonds is 3. The maximum atomic E-state index is 13.8. The molecule has 1 N–H and O–H groups in total. The lowest BCUT2D eigenvalue weighted by Gasteiger charge is -2.17. The Balaban J connectivity index is 1.74. The molecule has 0 unspecified atom stereocenters. The molecule has 0 aliphatic carbocycles. The van der Waals surface area contributed by atoms with Crippen LogP contribution in [0, 0.1) is 11.7 Å². The summed E-state index contributed by atoms with van der Waals surface area (Å²) in [6.45, 7) is 0.149. The van der Waals surface area contributed by atoms with Gasteiger partial charge in [0.05, 0.1) is 22.3 Å². The lowest BCUT2D eigenvalue weighted by atomic mass is 10.1. The van der Waals surface area contributed by atoms with Crippen molar-refractivity contribution in [2.75, 3.05) is 16.8 Å². The lowest BCUT2D eigenvalue weighted by molar-refractivity contribution is -0.122. The van der Waals surface area contributed by atoms with Gasteiger partial charge in [-0.1, -0.05) is 35.9 Å². The maximum Gasteiger partial charge on any atom is 0.229 e. The first-order valence-electron chi connectivity index (χ1n) is 7.16. The molecule has 0 spiro atoms. The molecular formula is C17H14ClFN2O2. The normalized spacial score (nSPS) is 17.4. The zero-order chi connectivity index (χ0) is 16.4. The Morgan fingerprint density at radius 1 is 1.17 bits per heavy atom. The number of carbonyl (C=O) groups is 2. The maximum absolute atomic E-state index is 13.8. The second kappa shape index (κ2) is 6.38. The molecule has 1 fully saturated rings. The van der Waals surface area contributed by atoms with Crippen LogP contribution in [0.1, 0.15) is 6.42 Å². The molecule has 2 aromatic rings. The molecule has 0 bridgehead atoms. The molecule has 2 amide bonds. The van der Waals surface area contributed by atoms with Crippen molar-refractivity contribution < 1.29 is 14.0 Å². The van der Waals surface area contributed by atoms with Crippen LogP contribution in [0.2, 0.25) is 5.02 Å². The van der Waals surface area contributed by atoms with E-state index < -0.39 is 11.7 Å². The minimum absolute atomic E-state index is 0.0463. The average molecular weight is 333 g/mol. The molecule has 1 heterocycles. The fourth-order valence-corrected chi connectivity index (χ4v) is 2.77. The lowest BCUT2D eigenvalue weighted by Crippen LogP contribution is -2.28. The van der Waals surface area contributed by atoms with Gasteiger partial charge in [-0.2, -0.15) is 0 Å². The van der Waals surface area contributed by atoms with Gasteiger partial charge in [-0.15, -0.1) is 0 Å². The third-order valence-electron chi connectivity index (χ3n) is 3.77. The van der Waals surface area contributed by atoms with E-state index in [1.54, 1.807) is 36.4 Å². The van der Waals surface area contributed by atoms with E-state index in [0.29, 0.717) is 10.7 Å². The molecule has 4 nitrogen and oxygen atoms in total. The Kier molecular flexibility index (Phi) is 4.30. The smallest absolute Gasteiger partial charge is 0.229 e. The highest BCUT2D eigenvalue weighted by atomic mass is 35.5. The highest BCUT2D eigenvalue weighted by molar-refractivity contribution is 6.33. The van der Waals surface area contributed by atoms with Crippen molar-refractivity contribution in [2.45, 2.75) is 6.42 Å². The number of hydrogen-bond donors (Lipinski definition) is 1. The molecule has 1 aliphatic heterocycles. The number of para-hydroxylation sites is 2. The first-order valence-corrected chi connectivity index (χ1v) is 7.54. The zero-order valence-electron chi connectivity index (χ0n) is 12.1. The number of nitrogens with one attached hydrogen (secondary N) is 1. The van der Waals surface area contributed by atoms with Crippen LogP contribution >= 0.6 is 11.6 Å². The average Bonchev–Trinajstić information content (AvgIpc) is 2.92. The van der Waals surface area contributed by atoms with Crippen LogP contribution in [-0.2, 0) is 9.59 Å². The van der Waals surface area contributed by atoms with Crippen molar-refractivity contribution in [3.05, 3.63) is 59.4 Å². The molecule has 23 heavy (non-hydrogen) atoms. The van der Waals surface area contributed by atoms with Gasteiger partial charge in [-0.05, 0) is 24.3 Å². The monoisotopic (exact) mass is 332 g/mol. The van der Waals surface area contributed by atoms with Crippen molar-refractivity contribution in [2.24, 2.45) is 5.92 Å². The topological polar surface area (TPSA) is 49.4 Å². The largest absolute Gasteiger partial charge is 0.324 e. The Hall–Kier alpha value is -2.40. The number of carbonyl (C=O) groups excluding carboxylic acids is 2. The predicted molar refractivity (Wildman–Crippen MR) is 86.9 cm³/mol. The van der Waals surface area contributed by atoms with Crippen LogP contribution in [0.25, 0.3) is 0 Å². The summed E-state index contributed by atoms with van der Waals surface area (Å²) in [6, 6.07) is 12.9. The van der Waals surface area contributed by atoms with E-state index in [-0.39, 0.29) is 30.5 Å². The van der Waals surface area contributed by atoms with Gasteiger partial charge in [0.25, 0.3) is 0 Å². The van der Waals surface area contributed by atoms with Gasteiger partial charge in [0.2, 0.25) is 11.8 Å². The van der Waals surface area contributed by atoms with E-state index in [1.165, 1.54) is 17.0 Å².